The molecule has 1 N–H and O–H groups in total. The van der Waals surface area contributed by atoms with Gasteiger partial charge in [-0.1, -0.05) is 13.8 Å². The molecule has 0 radical (unpaired) electrons. The molecule has 1 atom stereocenters. The molecule has 0 spiro atoms. The topological polar surface area (TPSA) is 34.1 Å². The zero-order valence-electron chi connectivity index (χ0n) is 12.1. The minimum Gasteiger partial charge on any atom is -0.378 e. The highest BCUT2D eigenvalue weighted by atomic mass is 32.2. The summed E-state index contributed by atoms with van der Waals surface area (Å²) in [5.41, 5.74) is 1.13. The van der Waals surface area contributed by atoms with E-state index in [9.17, 15) is 0 Å². The second-order valence-electron chi connectivity index (χ2n) is 5.10. The number of nitrogens with zero attached hydrogens (tertiary/aromatic N) is 1. The molecule has 108 valence electrons. The summed E-state index contributed by atoms with van der Waals surface area (Å²) in [7, 11) is 1.74. The van der Waals surface area contributed by atoms with Crippen LogP contribution >= 0.6 is 23.1 Å². The molecule has 1 aromatic heterocycles. The molecule has 1 fully saturated rings. The highest BCUT2D eigenvalue weighted by Gasteiger charge is 2.21. The van der Waals surface area contributed by atoms with E-state index in [-0.39, 0.29) is 0 Å². The number of methoxy groups -OCH3 is 1. The van der Waals surface area contributed by atoms with E-state index in [4.69, 9.17) is 9.72 Å². The van der Waals surface area contributed by atoms with Crippen molar-refractivity contribution in [2.45, 2.75) is 63.3 Å². The van der Waals surface area contributed by atoms with Gasteiger partial charge in [0.15, 0.2) is 0 Å². The smallest absolute Gasteiger partial charge is 0.103 e. The SMILES string of the molecule is CCC(C)SCc1nc(COC)c(CNC2CC2)s1. The van der Waals surface area contributed by atoms with Crippen molar-refractivity contribution >= 4 is 23.1 Å². The highest BCUT2D eigenvalue weighted by Crippen LogP contribution is 2.27. The molecule has 0 saturated heterocycles. The molecule has 19 heavy (non-hydrogen) atoms. The van der Waals surface area contributed by atoms with E-state index in [2.05, 4.69) is 19.2 Å². The van der Waals surface area contributed by atoms with Crippen LogP contribution in [0.2, 0.25) is 0 Å². The van der Waals surface area contributed by atoms with Gasteiger partial charge in [0.1, 0.15) is 5.01 Å². The van der Waals surface area contributed by atoms with Crippen molar-refractivity contribution in [3.63, 3.8) is 0 Å². The van der Waals surface area contributed by atoms with Crippen LogP contribution in [-0.4, -0.2) is 23.4 Å². The molecule has 1 aliphatic rings. The van der Waals surface area contributed by atoms with Crippen molar-refractivity contribution in [1.82, 2.24) is 10.3 Å². The van der Waals surface area contributed by atoms with E-state index >= 15 is 0 Å². The third-order valence-electron chi connectivity index (χ3n) is 3.30. The summed E-state index contributed by atoms with van der Waals surface area (Å²) in [6, 6.07) is 0.746. The second-order valence-corrected chi connectivity index (χ2v) is 7.69. The van der Waals surface area contributed by atoms with Crippen molar-refractivity contribution in [2.24, 2.45) is 0 Å². The average Bonchev–Trinajstić information content (AvgIpc) is 3.16. The van der Waals surface area contributed by atoms with Gasteiger partial charge in [0.05, 0.1) is 12.3 Å². The largest absolute Gasteiger partial charge is 0.378 e. The molecule has 1 unspecified atom stereocenters. The number of hydrogen-bond acceptors (Lipinski definition) is 5. The molecule has 1 aliphatic carbocycles. The Morgan fingerprint density at radius 1 is 1.53 bits per heavy atom. The minimum atomic E-state index is 0.631. The Kier molecular flexibility index (Phi) is 6.13. The number of aromatic nitrogens is 1. The third-order valence-corrected chi connectivity index (χ3v) is 5.92. The van der Waals surface area contributed by atoms with Crippen LogP contribution < -0.4 is 5.32 Å². The first kappa shape index (κ1) is 15.3. The normalized spacial score (nSPS) is 16.8. The van der Waals surface area contributed by atoms with Gasteiger partial charge in [-0.05, 0) is 19.3 Å². The molecular formula is C14H24N2OS2. The van der Waals surface area contributed by atoms with E-state index in [0.29, 0.717) is 11.9 Å². The fourth-order valence-electron chi connectivity index (χ4n) is 1.74. The van der Waals surface area contributed by atoms with Gasteiger partial charge in [-0.2, -0.15) is 11.8 Å². The Hall–Kier alpha value is -0.100. The predicted octanol–water partition coefficient (Wildman–Crippen LogP) is 3.57. The van der Waals surface area contributed by atoms with Gasteiger partial charge >= 0.3 is 0 Å². The van der Waals surface area contributed by atoms with Crippen molar-refractivity contribution < 1.29 is 4.74 Å². The highest BCUT2D eigenvalue weighted by molar-refractivity contribution is 7.99. The monoisotopic (exact) mass is 300 g/mol. The summed E-state index contributed by atoms with van der Waals surface area (Å²) in [5, 5.41) is 5.52. The van der Waals surface area contributed by atoms with Crippen LogP contribution in [0.1, 0.15) is 48.7 Å². The minimum absolute atomic E-state index is 0.631. The lowest BCUT2D eigenvalue weighted by Gasteiger charge is -2.05. The Labute approximate surface area is 124 Å². The number of hydrogen-bond donors (Lipinski definition) is 1. The first-order valence-electron chi connectivity index (χ1n) is 7.04. The Balaban J connectivity index is 1.92. The first-order chi connectivity index (χ1) is 9.22. The maximum atomic E-state index is 5.26. The second kappa shape index (κ2) is 7.62. The molecule has 1 heterocycles. The zero-order valence-corrected chi connectivity index (χ0v) is 13.7. The molecular weight excluding hydrogens is 276 g/mol. The van der Waals surface area contributed by atoms with E-state index in [1.807, 2.05) is 23.1 Å². The third kappa shape index (κ3) is 5.06. The number of nitrogens with one attached hydrogen (secondary N) is 1. The van der Waals surface area contributed by atoms with Gasteiger partial charge < -0.3 is 10.1 Å². The molecule has 1 saturated carbocycles. The van der Waals surface area contributed by atoms with Gasteiger partial charge in [0.25, 0.3) is 0 Å². The standard InChI is InChI=1S/C14H24N2OS2/c1-4-10(2)18-9-14-16-12(8-17-3)13(19-14)7-15-11-5-6-11/h10-11,15H,4-9H2,1-3H3. The molecule has 1 aromatic rings. The van der Waals surface area contributed by atoms with E-state index < -0.39 is 0 Å². The number of thiazole rings is 1. The summed E-state index contributed by atoms with van der Waals surface area (Å²) in [4.78, 5) is 6.09. The molecule has 5 heteroatoms. The summed E-state index contributed by atoms with van der Waals surface area (Å²) in [6.45, 7) is 6.10. The Morgan fingerprint density at radius 2 is 2.32 bits per heavy atom. The predicted molar refractivity (Wildman–Crippen MR) is 83.7 cm³/mol. The number of thioether (sulfide) groups is 1. The van der Waals surface area contributed by atoms with Gasteiger partial charge in [-0.3, -0.25) is 0 Å². The summed E-state index contributed by atoms with van der Waals surface area (Å²) in [6.07, 6.45) is 3.88. The van der Waals surface area contributed by atoms with Gasteiger partial charge in [0.2, 0.25) is 0 Å². The number of ether oxygens (including phenoxy) is 1. The van der Waals surface area contributed by atoms with Crippen LogP contribution in [0.15, 0.2) is 0 Å². The van der Waals surface area contributed by atoms with Crippen LogP contribution in [0, 0.1) is 0 Å². The average molecular weight is 300 g/mol. The zero-order chi connectivity index (χ0) is 13.7. The molecule has 3 nitrogen and oxygen atoms in total. The summed E-state index contributed by atoms with van der Waals surface area (Å²) < 4.78 is 5.26. The molecule has 0 aliphatic heterocycles. The first-order valence-corrected chi connectivity index (χ1v) is 8.90. The van der Waals surface area contributed by atoms with Crippen molar-refractivity contribution in [3.05, 3.63) is 15.6 Å². The fraction of sp³-hybridized carbons (Fsp3) is 0.786. The van der Waals surface area contributed by atoms with Gasteiger partial charge in [0, 0.05) is 35.6 Å². The van der Waals surface area contributed by atoms with Crippen molar-refractivity contribution in [3.8, 4) is 0 Å². The van der Waals surface area contributed by atoms with Crippen LogP contribution in [0.4, 0.5) is 0 Å². The molecule has 2 rings (SSSR count). The maximum Gasteiger partial charge on any atom is 0.103 e. The summed E-state index contributed by atoms with van der Waals surface area (Å²) >= 11 is 3.84. The maximum absolute atomic E-state index is 5.26. The van der Waals surface area contributed by atoms with Crippen LogP contribution in [0.3, 0.4) is 0 Å². The van der Waals surface area contributed by atoms with Gasteiger partial charge in [-0.25, -0.2) is 4.98 Å². The quantitative estimate of drug-likeness (QED) is 0.756. The van der Waals surface area contributed by atoms with E-state index in [0.717, 1.165) is 24.0 Å². The van der Waals surface area contributed by atoms with Crippen LogP contribution in [0.25, 0.3) is 0 Å². The van der Waals surface area contributed by atoms with E-state index in [1.165, 1.54) is 29.1 Å². The lowest BCUT2D eigenvalue weighted by atomic mass is 10.3. The lowest BCUT2D eigenvalue weighted by Crippen LogP contribution is -2.15. The molecule has 0 bridgehead atoms. The van der Waals surface area contributed by atoms with Crippen LogP contribution in [0.5, 0.6) is 0 Å². The Morgan fingerprint density at radius 3 is 2.95 bits per heavy atom. The van der Waals surface area contributed by atoms with Gasteiger partial charge in [-0.15, -0.1) is 11.3 Å². The Bertz CT molecular complexity index is 391. The molecule has 0 aromatic carbocycles. The lowest BCUT2D eigenvalue weighted by molar-refractivity contribution is 0.181. The van der Waals surface area contributed by atoms with Crippen LogP contribution in [-0.2, 0) is 23.6 Å². The fourth-order valence-corrected chi connectivity index (χ4v) is 3.73. The van der Waals surface area contributed by atoms with E-state index in [1.54, 1.807) is 7.11 Å². The summed E-state index contributed by atoms with van der Waals surface area (Å²) in [5.74, 6) is 1.03. The van der Waals surface area contributed by atoms with Crippen molar-refractivity contribution in [2.75, 3.05) is 7.11 Å². The van der Waals surface area contributed by atoms with Crippen molar-refractivity contribution in [1.29, 1.82) is 0 Å². The molecule has 0 amide bonds. The number of rotatable bonds is 9.